The van der Waals surface area contributed by atoms with Crippen molar-refractivity contribution in [1.82, 2.24) is 4.90 Å². The highest BCUT2D eigenvalue weighted by Gasteiger charge is 2.28. The molecule has 2 amide bonds. The first kappa shape index (κ1) is 21.4. The molecular weight excluding hydrogens is 411 g/mol. The van der Waals surface area contributed by atoms with Gasteiger partial charge in [0.15, 0.2) is 6.10 Å². The Hall–Kier alpha value is -3.87. The summed E-state index contributed by atoms with van der Waals surface area (Å²) in [4.78, 5) is 27.1. The number of methoxy groups -OCH3 is 1. The Morgan fingerprint density at radius 2 is 1.94 bits per heavy atom. The van der Waals surface area contributed by atoms with Crippen molar-refractivity contribution in [3.8, 4) is 11.5 Å². The molecule has 1 aliphatic rings. The molecule has 0 radical (unpaired) electrons. The molecule has 6 nitrogen and oxygen atoms in total. The van der Waals surface area contributed by atoms with Gasteiger partial charge in [0, 0.05) is 29.9 Å². The van der Waals surface area contributed by atoms with Gasteiger partial charge in [-0.15, -0.1) is 0 Å². The number of fused-ring (bicyclic) bond motifs is 1. The Morgan fingerprint density at radius 1 is 1.16 bits per heavy atom. The van der Waals surface area contributed by atoms with Crippen LogP contribution in [0, 0.1) is 5.82 Å². The number of carbonyl (C=O) groups excluding carboxylic acids is 2. The van der Waals surface area contributed by atoms with Crippen LogP contribution in [0.4, 0.5) is 10.1 Å². The van der Waals surface area contributed by atoms with Gasteiger partial charge in [0.05, 0.1) is 7.11 Å². The zero-order chi connectivity index (χ0) is 22.7. The monoisotopic (exact) mass is 434 g/mol. The molecule has 164 valence electrons. The number of hydrogen-bond donors (Lipinski definition) is 1. The van der Waals surface area contributed by atoms with E-state index in [-0.39, 0.29) is 11.8 Å². The third kappa shape index (κ3) is 4.72. The van der Waals surface area contributed by atoms with E-state index in [9.17, 15) is 14.0 Å². The van der Waals surface area contributed by atoms with E-state index in [2.05, 4.69) is 5.32 Å². The molecule has 7 heteroatoms. The fourth-order valence-corrected chi connectivity index (χ4v) is 3.61. The van der Waals surface area contributed by atoms with Gasteiger partial charge in [0.2, 0.25) is 0 Å². The van der Waals surface area contributed by atoms with Gasteiger partial charge < -0.3 is 19.7 Å². The number of benzene rings is 3. The Kier molecular flexibility index (Phi) is 6.07. The summed E-state index contributed by atoms with van der Waals surface area (Å²) in [6, 6.07) is 18.1. The number of hydrogen-bond acceptors (Lipinski definition) is 4. The molecule has 0 unspecified atom stereocenters. The largest absolute Gasteiger partial charge is 0.497 e. The van der Waals surface area contributed by atoms with Crippen molar-refractivity contribution in [3.63, 3.8) is 0 Å². The summed E-state index contributed by atoms with van der Waals surface area (Å²) in [7, 11) is 1.60. The fourth-order valence-electron chi connectivity index (χ4n) is 3.61. The number of halogens is 1. The zero-order valence-corrected chi connectivity index (χ0v) is 17.8. The Labute approximate surface area is 185 Å². The van der Waals surface area contributed by atoms with E-state index in [1.807, 2.05) is 24.3 Å². The number of carbonyl (C=O) groups is 2. The number of anilines is 1. The van der Waals surface area contributed by atoms with E-state index in [0.29, 0.717) is 30.1 Å². The lowest BCUT2D eigenvalue weighted by Gasteiger charge is -2.22. The minimum atomic E-state index is -0.637. The van der Waals surface area contributed by atoms with E-state index < -0.39 is 11.9 Å². The van der Waals surface area contributed by atoms with Crippen LogP contribution >= 0.6 is 0 Å². The highest BCUT2D eigenvalue weighted by Crippen LogP contribution is 2.30. The predicted molar refractivity (Wildman–Crippen MR) is 118 cm³/mol. The van der Waals surface area contributed by atoms with Gasteiger partial charge in [0.1, 0.15) is 17.3 Å². The zero-order valence-electron chi connectivity index (χ0n) is 17.8. The number of amides is 2. The Morgan fingerprint density at radius 3 is 2.69 bits per heavy atom. The Bertz CT molecular complexity index is 1150. The SMILES string of the molecule is COc1cccc(CN2Cc3cc(NC(=O)c4ccc(F)cc4)ccc3O[C@@H](C)C2=O)c1. The van der Waals surface area contributed by atoms with Gasteiger partial charge in [-0.25, -0.2) is 4.39 Å². The molecule has 0 fully saturated rings. The minimum Gasteiger partial charge on any atom is -0.497 e. The number of ether oxygens (including phenoxy) is 2. The maximum Gasteiger partial charge on any atom is 0.263 e. The molecule has 3 aromatic carbocycles. The summed E-state index contributed by atoms with van der Waals surface area (Å²) < 4.78 is 24.3. The van der Waals surface area contributed by atoms with E-state index in [0.717, 1.165) is 16.9 Å². The van der Waals surface area contributed by atoms with Crippen LogP contribution in [0.3, 0.4) is 0 Å². The van der Waals surface area contributed by atoms with Gasteiger partial charge in [-0.05, 0) is 67.1 Å². The van der Waals surface area contributed by atoms with Crippen molar-refractivity contribution in [2.45, 2.75) is 26.1 Å². The molecule has 0 aliphatic carbocycles. The van der Waals surface area contributed by atoms with Crippen molar-refractivity contribution >= 4 is 17.5 Å². The molecule has 0 aromatic heterocycles. The third-order valence-corrected chi connectivity index (χ3v) is 5.26. The molecule has 32 heavy (non-hydrogen) atoms. The van der Waals surface area contributed by atoms with Crippen molar-refractivity contribution in [3.05, 3.63) is 89.2 Å². The molecular formula is C25H23FN2O4. The highest BCUT2D eigenvalue weighted by atomic mass is 19.1. The lowest BCUT2D eigenvalue weighted by Crippen LogP contribution is -2.37. The summed E-state index contributed by atoms with van der Waals surface area (Å²) in [5, 5.41) is 2.81. The molecule has 0 saturated carbocycles. The van der Waals surface area contributed by atoms with Gasteiger partial charge in [-0.3, -0.25) is 9.59 Å². The first-order valence-corrected chi connectivity index (χ1v) is 10.2. The van der Waals surface area contributed by atoms with Crippen LogP contribution < -0.4 is 14.8 Å². The minimum absolute atomic E-state index is 0.124. The molecule has 1 atom stereocenters. The summed E-state index contributed by atoms with van der Waals surface area (Å²) in [5.74, 6) is 0.441. The average molecular weight is 434 g/mol. The topological polar surface area (TPSA) is 67.9 Å². The van der Waals surface area contributed by atoms with Crippen LogP contribution in [0.2, 0.25) is 0 Å². The van der Waals surface area contributed by atoms with Crippen molar-refractivity contribution < 1.29 is 23.5 Å². The van der Waals surface area contributed by atoms with Crippen LogP contribution in [0.1, 0.15) is 28.4 Å². The normalized spacial score (nSPS) is 15.4. The van der Waals surface area contributed by atoms with E-state index in [4.69, 9.17) is 9.47 Å². The second-order valence-corrected chi connectivity index (χ2v) is 7.59. The standard InChI is InChI=1S/C25H23FN2O4/c1-16-25(30)28(14-17-4-3-5-22(12-17)31-2)15-19-13-21(10-11-23(19)32-16)27-24(29)18-6-8-20(26)9-7-18/h3-13,16H,14-15H2,1-2H3,(H,27,29)/t16-/m0/s1. The molecule has 0 bridgehead atoms. The molecule has 4 rings (SSSR count). The maximum absolute atomic E-state index is 13.1. The van der Waals surface area contributed by atoms with Crippen LogP contribution in [-0.2, 0) is 17.9 Å². The van der Waals surface area contributed by atoms with E-state index >= 15 is 0 Å². The summed E-state index contributed by atoms with van der Waals surface area (Å²) in [5.41, 5.74) is 2.63. The molecule has 1 aliphatic heterocycles. The number of rotatable bonds is 5. The fraction of sp³-hybridized carbons (Fsp3) is 0.200. The lowest BCUT2D eigenvalue weighted by atomic mass is 10.1. The lowest BCUT2D eigenvalue weighted by molar-refractivity contribution is -0.138. The van der Waals surface area contributed by atoms with Gasteiger partial charge >= 0.3 is 0 Å². The van der Waals surface area contributed by atoms with Crippen molar-refractivity contribution in [2.24, 2.45) is 0 Å². The quantitative estimate of drug-likeness (QED) is 0.647. The molecule has 0 spiro atoms. The van der Waals surface area contributed by atoms with Gasteiger partial charge in [-0.1, -0.05) is 12.1 Å². The molecule has 3 aromatic rings. The first-order valence-electron chi connectivity index (χ1n) is 10.2. The highest BCUT2D eigenvalue weighted by molar-refractivity contribution is 6.04. The summed E-state index contributed by atoms with van der Waals surface area (Å²) in [6.07, 6.45) is -0.637. The van der Waals surface area contributed by atoms with E-state index in [1.54, 1.807) is 37.1 Å². The summed E-state index contributed by atoms with van der Waals surface area (Å²) >= 11 is 0. The predicted octanol–water partition coefficient (Wildman–Crippen LogP) is 4.40. The van der Waals surface area contributed by atoms with Crippen LogP contribution in [0.15, 0.2) is 66.7 Å². The molecule has 1 heterocycles. The third-order valence-electron chi connectivity index (χ3n) is 5.26. The average Bonchev–Trinajstić information content (AvgIpc) is 2.90. The second-order valence-electron chi connectivity index (χ2n) is 7.59. The second kappa shape index (κ2) is 9.09. The van der Waals surface area contributed by atoms with Crippen molar-refractivity contribution in [2.75, 3.05) is 12.4 Å². The molecule has 1 N–H and O–H groups in total. The maximum atomic E-state index is 13.1. The van der Waals surface area contributed by atoms with Gasteiger partial charge in [0.25, 0.3) is 11.8 Å². The van der Waals surface area contributed by atoms with Crippen LogP contribution in [0.5, 0.6) is 11.5 Å². The Balaban J connectivity index is 1.56. The van der Waals surface area contributed by atoms with Gasteiger partial charge in [-0.2, -0.15) is 0 Å². The smallest absolute Gasteiger partial charge is 0.263 e. The van der Waals surface area contributed by atoms with Crippen molar-refractivity contribution in [1.29, 1.82) is 0 Å². The first-order chi connectivity index (χ1) is 15.4. The summed E-state index contributed by atoms with van der Waals surface area (Å²) in [6.45, 7) is 2.45. The molecule has 0 saturated heterocycles. The van der Waals surface area contributed by atoms with Crippen LogP contribution in [0.25, 0.3) is 0 Å². The number of nitrogens with zero attached hydrogens (tertiary/aromatic N) is 1. The van der Waals surface area contributed by atoms with Crippen LogP contribution in [-0.4, -0.2) is 29.9 Å². The number of nitrogens with one attached hydrogen (secondary N) is 1. The van der Waals surface area contributed by atoms with E-state index in [1.165, 1.54) is 24.3 Å².